The second kappa shape index (κ2) is 7.24. The Labute approximate surface area is 132 Å². The minimum Gasteiger partial charge on any atom is -0.481 e. The zero-order valence-electron chi connectivity index (χ0n) is 12.9. The van der Waals surface area contributed by atoms with Crippen LogP contribution in [0.25, 0.3) is 0 Å². The third-order valence-electron chi connectivity index (χ3n) is 4.11. The second-order valence-electron chi connectivity index (χ2n) is 5.79. The van der Waals surface area contributed by atoms with Crippen LogP contribution in [0.2, 0.25) is 0 Å². The Morgan fingerprint density at radius 2 is 2.00 bits per heavy atom. The molecule has 1 unspecified atom stereocenters. The van der Waals surface area contributed by atoms with E-state index >= 15 is 0 Å². The van der Waals surface area contributed by atoms with Gasteiger partial charge < -0.3 is 5.11 Å². The van der Waals surface area contributed by atoms with Gasteiger partial charge in [0.25, 0.3) is 0 Å². The number of carbonyl (C=O) groups is 1. The molecule has 1 aliphatic heterocycles. The maximum Gasteiger partial charge on any atom is 0.307 e. The number of unbranched alkanes of at least 4 members (excludes halogenated alkanes) is 1. The summed E-state index contributed by atoms with van der Waals surface area (Å²) in [5, 5.41) is 9.09. The highest BCUT2D eigenvalue weighted by atomic mass is 32.2. The van der Waals surface area contributed by atoms with Gasteiger partial charge in [0.1, 0.15) is 0 Å². The Bertz CT molecular complexity index is 610. The molecule has 0 aliphatic carbocycles. The van der Waals surface area contributed by atoms with Crippen molar-refractivity contribution >= 4 is 16.0 Å². The summed E-state index contributed by atoms with van der Waals surface area (Å²) in [5.74, 6) is -1.53. The Morgan fingerprint density at radius 3 is 2.59 bits per heavy atom. The highest BCUT2D eigenvalue weighted by Crippen LogP contribution is 2.24. The maximum absolute atomic E-state index is 12.6. The van der Waals surface area contributed by atoms with Crippen molar-refractivity contribution in [3.8, 4) is 0 Å². The van der Waals surface area contributed by atoms with Gasteiger partial charge in [0, 0.05) is 13.1 Å². The Balaban J connectivity index is 2.13. The van der Waals surface area contributed by atoms with Crippen molar-refractivity contribution in [1.29, 1.82) is 0 Å². The summed E-state index contributed by atoms with van der Waals surface area (Å²) in [5.41, 5.74) is 1.13. The molecule has 0 saturated carbocycles. The summed E-state index contributed by atoms with van der Waals surface area (Å²) in [6, 6.07) is 6.96. The van der Waals surface area contributed by atoms with E-state index in [2.05, 4.69) is 6.92 Å². The molecule has 1 saturated heterocycles. The van der Waals surface area contributed by atoms with Crippen molar-refractivity contribution in [3.05, 3.63) is 29.8 Å². The lowest BCUT2D eigenvalue weighted by Gasteiger charge is -2.29. The van der Waals surface area contributed by atoms with Crippen LogP contribution < -0.4 is 0 Å². The monoisotopic (exact) mass is 325 g/mol. The highest BCUT2D eigenvalue weighted by Gasteiger charge is 2.33. The molecule has 2 rings (SSSR count). The van der Waals surface area contributed by atoms with Crippen molar-refractivity contribution < 1.29 is 18.3 Å². The van der Waals surface area contributed by atoms with Crippen LogP contribution >= 0.6 is 0 Å². The molecule has 1 aromatic rings. The van der Waals surface area contributed by atoms with Gasteiger partial charge in [-0.2, -0.15) is 4.31 Å². The van der Waals surface area contributed by atoms with Gasteiger partial charge in [0.2, 0.25) is 10.0 Å². The Kier molecular flexibility index (Phi) is 5.58. The summed E-state index contributed by atoms with van der Waals surface area (Å²) in [6.07, 6.45) is 4.26. The van der Waals surface area contributed by atoms with Crippen LogP contribution in [-0.2, 0) is 21.2 Å². The molecule has 5 nitrogen and oxygen atoms in total. The quantitative estimate of drug-likeness (QED) is 0.872. The van der Waals surface area contributed by atoms with Crippen LogP contribution in [0.1, 0.15) is 38.2 Å². The standard InChI is InChI=1S/C16H23NO4S/c1-2-3-5-13-7-9-15(10-8-13)22(20,21)17-11-4-6-14(12-17)16(18)19/h7-10,14H,2-6,11-12H2,1H3,(H,18,19). The number of piperidine rings is 1. The van der Waals surface area contributed by atoms with Gasteiger partial charge in [0.05, 0.1) is 10.8 Å². The number of nitrogens with zero attached hydrogens (tertiary/aromatic N) is 1. The van der Waals surface area contributed by atoms with E-state index in [9.17, 15) is 13.2 Å². The highest BCUT2D eigenvalue weighted by molar-refractivity contribution is 7.89. The molecule has 0 radical (unpaired) electrons. The van der Waals surface area contributed by atoms with Crippen molar-refractivity contribution in [2.45, 2.75) is 43.9 Å². The normalized spacial score (nSPS) is 20.0. The van der Waals surface area contributed by atoms with Crippen molar-refractivity contribution in [2.24, 2.45) is 5.92 Å². The van der Waals surface area contributed by atoms with Crippen LogP contribution in [0, 0.1) is 5.92 Å². The number of aryl methyl sites for hydroxylation is 1. The van der Waals surface area contributed by atoms with Crippen LogP contribution in [-0.4, -0.2) is 36.9 Å². The molecule has 0 bridgehead atoms. The molecule has 0 aromatic heterocycles. The van der Waals surface area contributed by atoms with E-state index in [-0.39, 0.29) is 11.4 Å². The molecular weight excluding hydrogens is 302 g/mol. The topological polar surface area (TPSA) is 74.7 Å². The summed E-state index contributed by atoms with van der Waals surface area (Å²) in [4.78, 5) is 11.3. The number of hydrogen-bond acceptors (Lipinski definition) is 3. The fourth-order valence-electron chi connectivity index (χ4n) is 2.72. The fourth-order valence-corrected chi connectivity index (χ4v) is 4.24. The van der Waals surface area contributed by atoms with Gasteiger partial charge >= 0.3 is 5.97 Å². The van der Waals surface area contributed by atoms with Crippen molar-refractivity contribution in [2.75, 3.05) is 13.1 Å². The molecule has 1 fully saturated rings. The number of carboxylic acids is 1. The largest absolute Gasteiger partial charge is 0.481 e. The van der Waals surface area contributed by atoms with E-state index < -0.39 is 21.9 Å². The predicted octanol–water partition coefficient (Wildman–Crippen LogP) is 2.51. The van der Waals surface area contributed by atoms with E-state index in [4.69, 9.17) is 5.11 Å². The lowest BCUT2D eigenvalue weighted by atomic mass is 10.0. The minimum absolute atomic E-state index is 0.0647. The first-order valence-corrected chi connectivity index (χ1v) is 9.21. The first kappa shape index (κ1) is 17.0. The first-order chi connectivity index (χ1) is 10.4. The molecule has 0 amide bonds. The number of sulfonamides is 1. The molecular formula is C16H23NO4S. The molecule has 1 aromatic carbocycles. The number of carboxylic acid groups (broad SMARTS) is 1. The Morgan fingerprint density at radius 1 is 1.32 bits per heavy atom. The molecule has 1 N–H and O–H groups in total. The van der Waals surface area contributed by atoms with E-state index in [0.717, 1.165) is 24.8 Å². The fraction of sp³-hybridized carbons (Fsp3) is 0.562. The van der Waals surface area contributed by atoms with Crippen LogP contribution in [0.3, 0.4) is 0 Å². The smallest absolute Gasteiger partial charge is 0.307 e. The molecule has 122 valence electrons. The average Bonchev–Trinajstić information content (AvgIpc) is 2.53. The van der Waals surface area contributed by atoms with Crippen molar-refractivity contribution in [3.63, 3.8) is 0 Å². The number of benzene rings is 1. The van der Waals surface area contributed by atoms with E-state index in [0.29, 0.717) is 19.4 Å². The molecule has 1 atom stereocenters. The third-order valence-corrected chi connectivity index (χ3v) is 5.99. The maximum atomic E-state index is 12.6. The van der Waals surface area contributed by atoms with Gasteiger partial charge in [-0.3, -0.25) is 4.79 Å². The lowest BCUT2D eigenvalue weighted by molar-refractivity contribution is -0.142. The van der Waals surface area contributed by atoms with Gasteiger partial charge in [-0.15, -0.1) is 0 Å². The molecule has 22 heavy (non-hydrogen) atoms. The van der Waals surface area contributed by atoms with Gasteiger partial charge in [-0.05, 0) is 43.4 Å². The van der Waals surface area contributed by atoms with Crippen molar-refractivity contribution in [1.82, 2.24) is 4.31 Å². The van der Waals surface area contributed by atoms with Crippen LogP contribution in [0.4, 0.5) is 0 Å². The number of hydrogen-bond donors (Lipinski definition) is 1. The zero-order chi connectivity index (χ0) is 16.2. The number of aliphatic carboxylic acids is 1. The lowest BCUT2D eigenvalue weighted by Crippen LogP contribution is -2.42. The van der Waals surface area contributed by atoms with Crippen LogP contribution in [0.15, 0.2) is 29.2 Å². The van der Waals surface area contributed by atoms with Gasteiger partial charge in [-0.25, -0.2) is 8.42 Å². The molecule has 1 aliphatic rings. The summed E-state index contributed by atoms with van der Waals surface area (Å²) >= 11 is 0. The van der Waals surface area contributed by atoms with Gasteiger partial charge in [0.15, 0.2) is 0 Å². The molecule has 0 spiro atoms. The average molecular weight is 325 g/mol. The van der Waals surface area contributed by atoms with Gasteiger partial charge in [-0.1, -0.05) is 25.5 Å². The summed E-state index contributed by atoms with van der Waals surface area (Å²) in [7, 11) is -3.60. The SMILES string of the molecule is CCCCc1ccc(S(=O)(=O)N2CCCC(C(=O)O)C2)cc1. The summed E-state index contributed by atoms with van der Waals surface area (Å²) in [6.45, 7) is 2.58. The second-order valence-corrected chi connectivity index (χ2v) is 7.73. The zero-order valence-corrected chi connectivity index (χ0v) is 13.7. The Hall–Kier alpha value is -1.40. The first-order valence-electron chi connectivity index (χ1n) is 7.77. The third kappa shape index (κ3) is 3.87. The minimum atomic E-state index is -3.60. The van der Waals surface area contributed by atoms with E-state index in [1.165, 1.54) is 4.31 Å². The van der Waals surface area contributed by atoms with E-state index in [1.54, 1.807) is 12.1 Å². The van der Waals surface area contributed by atoms with E-state index in [1.807, 2.05) is 12.1 Å². The molecule has 6 heteroatoms. The predicted molar refractivity (Wildman–Crippen MR) is 84.2 cm³/mol. The molecule has 1 heterocycles. The number of rotatable bonds is 6. The van der Waals surface area contributed by atoms with Crippen LogP contribution in [0.5, 0.6) is 0 Å². The summed E-state index contributed by atoms with van der Waals surface area (Å²) < 4.78 is 26.5.